The summed E-state index contributed by atoms with van der Waals surface area (Å²) in [4.78, 5) is 11.3. The van der Waals surface area contributed by atoms with E-state index in [4.69, 9.17) is 16.3 Å². The molecule has 1 N–H and O–H groups in total. The Morgan fingerprint density at radius 1 is 1.35 bits per heavy atom. The molecule has 0 aliphatic rings. The molecule has 1 amide bonds. The van der Waals surface area contributed by atoms with Gasteiger partial charge in [-0.2, -0.15) is 0 Å². The minimum absolute atomic E-state index is 0.0687. The van der Waals surface area contributed by atoms with Crippen molar-refractivity contribution in [3.8, 4) is 5.75 Å². The SMILES string of the molecule is COc1ccc(CCNC(=O)CCCCl)cc1. The summed E-state index contributed by atoms with van der Waals surface area (Å²) in [6.45, 7) is 0.660. The van der Waals surface area contributed by atoms with Crippen LogP contribution in [0.2, 0.25) is 0 Å². The highest BCUT2D eigenvalue weighted by Gasteiger charge is 2.00. The van der Waals surface area contributed by atoms with Gasteiger partial charge in [0.2, 0.25) is 5.91 Å². The normalized spacial score (nSPS) is 10.0. The quantitative estimate of drug-likeness (QED) is 0.760. The Morgan fingerprint density at radius 2 is 2.06 bits per heavy atom. The van der Waals surface area contributed by atoms with Crippen molar-refractivity contribution in [2.45, 2.75) is 19.3 Å². The molecule has 0 heterocycles. The van der Waals surface area contributed by atoms with Crippen LogP contribution in [0.5, 0.6) is 5.75 Å². The van der Waals surface area contributed by atoms with E-state index in [1.807, 2.05) is 24.3 Å². The number of hydrogen-bond acceptors (Lipinski definition) is 2. The third-order valence-electron chi connectivity index (χ3n) is 2.43. The van der Waals surface area contributed by atoms with E-state index in [1.54, 1.807) is 7.11 Å². The topological polar surface area (TPSA) is 38.3 Å². The molecular formula is C13H18ClNO2. The van der Waals surface area contributed by atoms with Crippen LogP contribution in [0.4, 0.5) is 0 Å². The van der Waals surface area contributed by atoms with Crippen molar-refractivity contribution in [1.82, 2.24) is 5.32 Å². The minimum atomic E-state index is 0.0687. The van der Waals surface area contributed by atoms with E-state index < -0.39 is 0 Å². The van der Waals surface area contributed by atoms with Gasteiger partial charge in [-0.1, -0.05) is 12.1 Å². The van der Waals surface area contributed by atoms with Gasteiger partial charge in [-0.15, -0.1) is 11.6 Å². The molecule has 4 heteroatoms. The molecule has 0 aliphatic carbocycles. The number of hydrogen-bond donors (Lipinski definition) is 1. The number of nitrogens with one attached hydrogen (secondary N) is 1. The van der Waals surface area contributed by atoms with E-state index in [-0.39, 0.29) is 5.91 Å². The Labute approximate surface area is 107 Å². The molecule has 0 unspecified atom stereocenters. The van der Waals surface area contributed by atoms with Gasteiger partial charge in [-0.25, -0.2) is 0 Å². The summed E-state index contributed by atoms with van der Waals surface area (Å²) in [7, 11) is 1.64. The lowest BCUT2D eigenvalue weighted by molar-refractivity contribution is -0.121. The molecule has 1 aromatic carbocycles. The first-order valence-corrected chi connectivity index (χ1v) is 6.25. The molecule has 94 valence electrons. The molecule has 1 aromatic rings. The molecule has 0 atom stereocenters. The third kappa shape index (κ3) is 5.59. The minimum Gasteiger partial charge on any atom is -0.497 e. The highest BCUT2D eigenvalue weighted by molar-refractivity contribution is 6.17. The summed E-state index contributed by atoms with van der Waals surface area (Å²) >= 11 is 5.51. The van der Waals surface area contributed by atoms with Gasteiger partial charge in [0.05, 0.1) is 7.11 Å². The van der Waals surface area contributed by atoms with Crippen molar-refractivity contribution < 1.29 is 9.53 Å². The van der Waals surface area contributed by atoms with Crippen molar-refractivity contribution >= 4 is 17.5 Å². The summed E-state index contributed by atoms with van der Waals surface area (Å²) in [6.07, 6.45) is 2.07. The van der Waals surface area contributed by atoms with Crippen molar-refractivity contribution in [1.29, 1.82) is 0 Å². The molecule has 3 nitrogen and oxygen atoms in total. The van der Waals surface area contributed by atoms with Crippen molar-refractivity contribution in [3.05, 3.63) is 29.8 Å². The van der Waals surface area contributed by atoms with Crippen LogP contribution in [-0.4, -0.2) is 25.4 Å². The van der Waals surface area contributed by atoms with E-state index in [2.05, 4.69) is 5.32 Å². The summed E-state index contributed by atoms with van der Waals surface area (Å²) < 4.78 is 5.07. The first-order chi connectivity index (χ1) is 8.26. The summed E-state index contributed by atoms with van der Waals surface area (Å²) in [6, 6.07) is 7.85. The van der Waals surface area contributed by atoms with Crippen LogP contribution < -0.4 is 10.1 Å². The maximum atomic E-state index is 11.3. The van der Waals surface area contributed by atoms with Crippen LogP contribution in [0, 0.1) is 0 Å². The number of alkyl halides is 1. The van der Waals surface area contributed by atoms with Gasteiger partial charge in [0.15, 0.2) is 0 Å². The van der Waals surface area contributed by atoms with E-state index in [0.29, 0.717) is 18.8 Å². The molecule has 0 spiro atoms. The first-order valence-electron chi connectivity index (χ1n) is 5.72. The van der Waals surface area contributed by atoms with Gasteiger partial charge in [0.25, 0.3) is 0 Å². The third-order valence-corrected chi connectivity index (χ3v) is 2.70. The zero-order chi connectivity index (χ0) is 12.5. The fraction of sp³-hybridized carbons (Fsp3) is 0.462. The van der Waals surface area contributed by atoms with Gasteiger partial charge in [-0.05, 0) is 30.5 Å². The molecule has 0 fully saturated rings. The summed E-state index contributed by atoms with van der Waals surface area (Å²) in [5, 5.41) is 2.87. The molecule has 0 aromatic heterocycles. The average Bonchev–Trinajstić information content (AvgIpc) is 2.37. The number of rotatable bonds is 7. The van der Waals surface area contributed by atoms with E-state index in [9.17, 15) is 4.79 Å². The van der Waals surface area contributed by atoms with E-state index in [0.717, 1.165) is 18.6 Å². The predicted octanol–water partition coefficient (Wildman–Crippen LogP) is 2.37. The van der Waals surface area contributed by atoms with Crippen LogP contribution >= 0.6 is 11.6 Å². The number of halogens is 1. The molecule has 17 heavy (non-hydrogen) atoms. The molecule has 0 bridgehead atoms. The van der Waals surface area contributed by atoms with E-state index >= 15 is 0 Å². The van der Waals surface area contributed by atoms with Crippen molar-refractivity contribution in [3.63, 3.8) is 0 Å². The lowest BCUT2D eigenvalue weighted by Gasteiger charge is -2.05. The van der Waals surface area contributed by atoms with Crippen LogP contribution in [0.25, 0.3) is 0 Å². The van der Waals surface area contributed by atoms with Crippen LogP contribution in [0.3, 0.4) is 0 Å². The molecular weight excluding hydrogens is 238 g/mol. The second-order valence-electron chi connectivity index (χ2n) is 3.74. The second kappa shape index (κ2) is 7.96. The average molecular weight is 256 g/mol. The lowest BCUT2D eigenvalue weighted by Crippen LogP contribution is -2.25. The van der Waals surface area contributed by atoms with Crippen LogP contribution in [0.15, 0.2) is 24.3 Å². The Balaban J connectivity index is 2.23. The van der Waals surface area contributed by atoms with Crippen LogP contribution in [-0.2, 0) is 11.2 Å². The first kappa shape index (κ1) is 13.8. The fourth-order valence-electron chi connectivity index (χ4n) is 1.45. The second-order valence-corrected chi connectivity index (χ2v) is 4.12. The number of methoxy groups -OCH3 is 1. The van der Waals surface area contributed by atoms with E-state index in [1.165, 1.54) is 5.56 Å². The highest BCUT2D eigenvalue weighted by atomic mass is 35.5. The maximum absolute atomic E-state index is 11.3. The molecule has 0 saturated carbocycles. The van der Waals surface area contributed by atoms with Crippen LogP contribution in [0.1, 0.15) is 18.4 Å². The lowest BCUT2D eigenvalue weighted by atomic mass is 10.1. The summed E-state index contributed by atoms with van der Waals surface area (Å²) in [5.41, 5.74) is 1.18. The number of ether oxygens (including phenoxy) is 1. The van der Waals surface area contributed by atoms with Gasteiger partial charge in [0.1, 0.15) is 5.75 Å². The number of amides is 1. The fourth-order valence-corrected chi connectivity index (χ4v) is 1.59. The Hall–Kier alpha value is -1.22. The number of carbonyl (C=O) groups is 1. The molecule has 1 rings (SSSR count). The molecule has 0 radical (unpaired) electrons. The number of benzene rings is 1. The van der Waals surface area contributed by atoms with Gasteiger partial charge in [0, 0.05) is 18.8 Å². The van der Waals surface area contributed by atoms with Crippen molar-refractivity contribution in [2.24, 2.45) is 0 Å². The predicted molar refractivity (Wildman–Crippen MR) is 69.7 cm³/mol. The monoisotopic (exact) mass is 255 g/mol. The maximum Gasteiger partial charge on any atom is 0.220 e. The zero-order valence-corrected chi connectivity index (χ0v) is 10.8. The molecule has 0 saturated heterocycles. The largest absolute Gasteiger partial charge is 0.497 e. The Morgan fingerprint density at radius 3 is 2.65 bits per heavy atom. The standard InChI is InChI=1S/C13H18ClNO2/c1-17-12-6-4-11(5-7-12)8-10-15-13(16)3-2-9-14/h4-7H,2-3,8-10H2,1H3,(H,15,16). The highest BCUT2D eigenvalue weighted by Crippen LogP contribution is 2.11. The molecule has 0 aliphatic heterocycles. The Bertz CT molecular complexity index is 338. The van der Waals surface area contributed by atoms with Gasteiger partial charge in [-0.3, -0.25) is 4.79 Å². The summed E-state index contributed by atoms with van der Waals surface area (Å²) in [5.74, 6) is 1.45. The zero-order valence-electron chi connectivity index (χ0n) is 10.0. The Kier molecular flexibility index (Phi) is 6.48. The smallest absolute Gasteiger partial charge is 0.220 e. The van der Waals surface area contributed by atoms with Crippen molar-refractivity contribution in [2.75, 3.05) is 19.5 Å². The van der Waals surface area contributed by atoms with Gasteiger partial charge >= 0.3 is 0 Å². The van der Waals surface area contributed by atoms with Gasteiger partial charge < -0.3 is 10.1 Å². The number of carbonyl (C=O) groups excluding carboxylic acids is 1.